The Hall–Kier alpha value is -1.70. The fraction of sp³-hybridized carbons (Fsp3) is 0.750. The summed E-state index contributed by atoms with van der Waals surface area (Å²) in [7, 11) is 0. The van der Waals surface area contributed by atoms with Crippen molar-refractivity contribution in [3.05, 3.63) is 17.5 Å². The van der Waals surface area contributed by atoms with Crippen molar-refractivity contribution in [3.8, 4) is 0 Å². The van der Waals surface area contributed by atoms with E-state index in [9.17, 15) is 13.6 Å². The SMILES string of the molecule is CCC(CC)c1cc(CNC(=O)N2CCC(F)(F)C(CO)C2)on1. The summed E-state index contributed by atoms with van der Waals surface area (Å²) < 4.78 is 32.3. The maximum atomic E-state index is 13.6. The molecule has 1 fully saturated rings. The van der Waals surface area contributed by atoms with Crippen molar-refractivity contribution in [2.75, 3.05) is 19.7 Å². The monoisotopic (exact) mass is 345 g/mol. The number of aliphatic hydroxyl groups excluding tert-OH is 1. The van der Waals surface area contributed by atoms with Crippen molar-refractivity contribution in [3.63, 3.8) is 0 Å². The molecule has 2 heterocycles. The molecule has 0 saturated carbocycles. The van der Waals surface area contributed by atoms with Crippen LogP contribution in [0.3, 0.4) is 0 Å². The lowest BCUT2D eigenvalue weighted by atomic mass is 9.94. The normalized spacial score (nSPS) is 20.4. The Labute approximate surface area is 140 Å². The van der Waals surface area contributed by atoms with Crippen molar-refractivity contribution in [1.82, 2.24) is 15.4 Å². The number of amides is 2. The Kier molecular flexibility index (Phi) is 6.15. The van der Waals surface area contributed by atoms with Gasteiger partial charge >= 0.3 is 6.03 Å². The van der Waals surface area contributed by atoms with Crippen molar-refractivity contribution < 1.29 is 23.2 Å². The van der Waals surface area contributed by atoms with Gasteiger partial charge in [0.1, 0.15) is 0 Å². The summed E-state index contributed by atoms with van der Waals surface area (Å²) in [5.41, 5.74) is 0.863. The molecule has 0 spiro atoms. The van der Waals surface area contributed by atoms with Crippen molar-refractivity contribution >= 4 is 6.03 Å². The Balaban J connectivity index is 1.87. The molecule has 1 aliphatic rings. The zero-order valence-electron chi connectivity index (χ0n) is 14.1. The lowest BCUT2D eigenvalue weighted by Gasteiger charge is -2.37. The van der Waals surface area contributed by atoms with Crippen LogP contribution in [0, 0.1) is 5.92 Å². The van der Waals surface area contributed by atoms with Crippen LogP contribution in [-0.2, 0) is 6.54 Å². The third-order valence-electron chi connectivity index (χ3n) is 4.66. The molecular weight excluding hydrogens is 320 g/mol. The number of aliphatic hydroxyl groups is 1. The van der Waals surface area contributed by atoms with Crippen LogP contribution in [0.15, 0.2) is 10.6 Å². The number of likely N-dealkylation sites (tertiary alicyclic amines) is 1. The number of nitrogens with zero attached hydrogens (tertiary/aromatic N) is 2. The van der Waals surface area contributed by atoms with E-state index < -0.39 is 30.9 Å². The van der Waals surface area contributed by atoms with Gasteiger partial charge in [-0.3, -0.25) is 0 Å². The summed E-state index contributed by atoms with van der Waals surface area (Å²) in [4.78, 5) is 13.4. The van der Waals surface area contributed by atoms with Crippen molar-refractivity contribution in [1.29, 1.82) is 0 Å². The first-order valence-corrected chi connectivity index (χ1v) is 8.38. The minimum absolute atomic E-state index is 0.0370. The number of hydrogen-bond donors (Lipinski definition) is 2. The minimum atomic E-state index is -2.93. The molecule has 0 aliphatic carbocycles. The van der Waals surface area contributed by atoms with Gasteiger partial charge in [-0.1, -0.05) is 19.0 Å². The van der Waals surface area contributed by atoms with Crippen LogP contribution < -0.4 is 5.32 Å². The molecule has 8 heteroatoms. The van der Waals surface area contributed by atoms with Gasteiger partial charge in [0, 0.05) is 31.5 Å². The van der Waals surface area contributed by atoms with E-state index in [1.807, 2.05) is 6.07 Å². The summed E-state index contributed by atoms with van der Waals surface area (Å²) in [6.07, 6.45) is 1.48. The van der Waals surface area contributed by atoms with Crippen LogP contribution in [0.2, 0.25) is 0 Å². The number of nitrogens with one attached hydrogen (secondary N) is 1. The molecule has 1 aromatic rings. The maximum absolute atomic E-state index is 13.6. The number of aromatic nitrogens is 1. The van der Waals surface area contributed by atoms with E-state index in [4.69, 9.17) is 9.63 Å². The predicted molar refractivity (Wildman–Crippen MR) is 83.8 cm³/mol. The van der Waals surface area contributed by atoms with Gasteiger partial charge in [-0.25, -0.2) is 13.6 Å². The molecule has 0 radical (unpaired) electrons. The highest BCUT2D eigenvalue weighted by molar-refractivity contribution is 5.74. The summed E-state index contributed by atoms with van der Waals surface area (Å²) >= 11 is 0. The van der Waals surface area contributed by atoms with E-state index in [-0.39, 0.29) is 19.6 Å². The second kappa shape index (κ2) is 7.92. The molecule has 24 heavy (non-hydrogen) atoms. The van der Waals surface area contributed by atoms with E-state index >= 15 is 0 Å². The van der Waals surface area contributed by atoms with Crippen LogP contribution in [0.25, 0.3) is 0 Å². The summed E-state index contributed by atoms with van der Waals surface area (Å²) in [5.74, 6) is -3.29. The van der Waals surface area contributed by atoms with Crippen molar-refractivity contribution in [2.24, 2.45) is 5.92 Å². The van der Waals surface area contributed by atoms with Crippen LogP contribution in [0.5, 0.6) is 0 Å². The summed E-state index contributed by atoms with van der Waals surface area (Å²) in [6, 6.07) is 1.38. The molecule has 2 amide bonds. The first-order valence-electron chi connectivity index (χ1n) is 8.38. The second-order valence-corrected chi connectivity index (χ2v) is 6.23. The number of piperidine rings is 1. The van der Waals surface area contributed by atoms with E-state index in [0.717, 1.165) is 18.5 Å². The van der Waals surface area contributed by atoms with E-state index in [2.05, 4.69) is 24.3 Å². The van der Waals surface area contributed by atoms with Gasteiger partial charge in [-0.15, -0.1) is 0 Å². The number of carbonyl (C=O) groups excluding carboxylic acids is 1. The zero-order valence-corrected chi connectivity index (χ0v) is 14.1. The molecule has 1 saturated heterocycles. The Bertz CT molecular complexity index is 546. The molecule has 1 aromatic heterocycles. The topological polar surface area (TPSA) is 78.6 Å². The van der Waals surface area contributed by atoms with E-state index in [1.165, 1.54) is 4.90 Å². The smallest absolute Gasteiger partial charge is 0.317 e. The standard InChI is InChI=1S/C16H25F2N3O3/c1-3-11(4-2)14-7-13(24-20-14)8-19-15(23)21-6-5-16(17,18)12(9-21)10-22/h7,11-12,22H,3-6,8-10H2,1-2H3,(H,19,23). The molecule has 0 bridgehead atoms. The molecule has 1 atom stereocenters. The minimum Gasteiger partial charge on any atom is -0.396 e. The first-order chi connectivity index (χ1) is 11.4. The Morgan fingerprint density at radius 3 is 2.88 bits per heavy atom. The Morgan fingerprint density at radius 1 is 1.54 bits per heavy atom. The third kappa shape index (κ3) is 4.23. The number of carbonyl (C=O) groups is 1. The third-order valence-corrected chi connectivity index (χ3v) is 4.66. The van der Waals surface area contributed by atoms with Crippen LogP contribution in [0.1, 0.15) is 50.5 Å². The zero-order chi connectivity index (χ0) is 17.7. The Morgan fingerprint density at radius 2 is 2.25 bits per heavy atom. The van der Waals surface area contributed by atoms with Crippen LogP contribution >= 0.6 is 0 Å². The van der Waals surface area contributed by atoms with Gasteiger partial charge < -0.3 is 19.8 Å². The highest BCUT2D eigenvalue weighted by Crippen LogP contribution is 2.33. The van der Waals surface area contributed by atoms with Crippen LogP contribution in [0.4, 0.5) is 13.6 Å². The van der Waals surface area contributed by atoms with Gasteiger partial charge in [0.25, 0.3) is 5.92 Å². The van der Waals surface area contributed by atoms with Crippen LogP contribution in [-0.4, -0.2) is 46.8 Å². The molecular formula is C16H25F2N3O3. The number of hydrogen-bond acceptors (Lipinski definition) is 4. The van der Waals surface area contributed by atoms with Gasteiger partial charge in [-0.2, -0.15) is 0 Å². The average Bonchev–Trinajstić information content (AvgIpc) is 3.02. The lowest BCUT2D eigenvalue weighted by Crippen LogP contribution is -2.53. The number of urea groups is 1. The quantitative estimate of drug-likeness (QED) is 0.831. The molecule has 1 unspecified atom stereocenters. The molecule has 0 aromatic carbocycles. The summed E-state index contributed by atoms with van der Waals surface area (Å²) in [5, 5.41) is 15.8. The number of alkyl halides is 2. The second-order valence-electron chi connectivity index (χ2n) is 6.23. The molecule has 1 aliphatic heterocycles. The van der Waals surface area contributed by atoms with Gasteiger partial charge in [0.15, 0.2) is 5.76 Å². The van der Waals surface area contributed by atoms with Crippen molar-refractivity contribution in [2.45, 2.75) is 51.5 Å². The highest BCUT2D eigenvalue weighted by atomic mass is 19.3. The summed E-state index contributed by atoms with van der Waals surface area (Å²) in [6.45, 7) is 3.47. The molecule has 136 valence electrons. The van der Waals surface area contributed by atoms with E-state index in [1.54, 1.807) is 0 Å². The number of rotatable bonds is 6. The first kappa shape index (κ1) is 18.6. The van der Waals surface area contributed by atoms with Gasteiger partial charge in [0.2, 0.25) is 0 Å². The van der Waals surface area contributed by atoms with E-state index in [0.29, 0.717) is 11.7 Å². The van der Waals surface area contributed by atoms with Gasteiger partial charge in [0.05, 0.1) is 24.8 Å². The van der Waals surface area contributed by atoms with Gasteiger partial charge in [-0.05, 0) is 12.8 Å². The predicted octanol–water partition coefficient (Wildman–Crippen LogP) is 2.74. The molecule has 6 nitrogen and oxygen atoms in total. The fourth-order valence-electron chi connectivity index (χ4n) is 2.94. The fourth-order valence-corrected chi connectivity index (χ4v) is 2.94. The maximum Gasteiger partial charge on any atom is 0.317 e. The average molecular weight is 345 g/mol. The molecule has 2 rings (SSSR count). The molecule has 2 N–H and O–H groups in total. The highest BCUT2D eigenvalue weighted by Gasteiger charge is 2.44. The largest absolute Gasteiger partial charge is 0.396 e. The lowest BCUT2D eigenvalue weighted by molar-refractivity contribution is -0.112. The number of halogens is 2.